The van der Waals surface area contributed by atoms with E-state index in [0.717, 1.165) is 6.07 Å². The van der Waals surface area contributed by atoms with Crippen molar-refractivity contribution < 1.29 is 34.1 Å². The number of anilines is 2. The number of alkyl halides is 3. The van der Waals surface area contributed by atoms with Crippen LogP contribution in [0.15, 0.2) is 23.1 Å². The van der Waals surface area contributed by atoms with Gasteiger partial charge < -0.3 is 14.7 Å². The van der Waals surface area contributed by atoms with Gasteiger partial charge in [-0.3, -0.25) is 5.32 Å². The molecule has 0 bridgehead atoms. The average molecular weight is 494 g/mol. The van der Waals surface area contributed by atoms with Gasteiger partial charge in [0.2, 0.25) is 3.79 Å². The van der Waals surface area contributed by atoms with Crippen molar-refractivity contribution in [3.8, 4) is 0 Å². The van der Waals surface area contributed by atoms with Gasteiger partial charge in [-0.25, -0.2) is 4.79 Å². The maximum atomic E-state index is 13.2. The van der Waals surface area contributed by atoms with Crippen LogP contribution in [0.1, 0.15) is 12.8 Å². The average Bonchev–Trinajstić information content (AvgIpc) is 2.51. The van der Waals surface area contributed by atoms with Gasteiger partial charge in [-0.1, -0.05) is 54.2 Å². The molecule has 28 heavy (non-hydrogen) atoms. The summed E-state index contributed by atoms with van der Waals surface area (Å²) in [5, 5.41) is 11.5. The fourth-order valence-electron chi connectivity index (χ4n) is 2.53. The zero-order valence-corrected chi connectivity index (χ0v) is 17.1. The number of amides is 1. The van der Waals surface area contributed by atoms with Gasteiger partial charge in [-0.15, -0.1) is 0 Å². The van der Waals surface area contributed by atoms with Crippen LogP contribution in [0.4, 0.5) is 35.6 Å². The number of hydrogen-bond donors (Lipinski definition) is 2. The Kier molecular flexibility index (Phi) is 5.95. The standard InChI is InChI=1S/C14H16Cl3F5N2O3S/c15-14(16,17)8-27-13(26)23-11-7-10(28(18,19,20,21)22)1-2-12(11)24-5-3-9(25)4-6-24/h1-2,7,9,25H,3-6,8H2,(H,23,26). The van der Waals surface area contributed by atoms with Crippen LogP contribution in [0.3, 0.4) is 0 Å². The molecule has 1 amide bonds. The predicted octanol–water partition coefficient (Wildman–Crippen LogP) is 6.22. The molecule has 1 aromatic carbocycles. The number of nitrogens with zero attached hydrogens (tertiary/aromatic N) is 1. The van der Waals surface area contributed by atoms with E-state index in [0.29, 0.717) is 12.8 Å². The fraction of sp³-hybridized carbons (Fsp3) is 0.500. The lowest BCUT2D eigenvalue weighted by Gasteiger charge is -2.41. The number of carbonyl (C=O) groups excluding carboxylic acids is 1. The van der Waals surface area contributed by atoms with Gasteiger partial charge in [0.1, 0.15) is 11.5 Å². The summed E-state index contributed by atoms with van der Waals surface area (Å²) >= 11 is 16.3. The van der Waals surface area contributed by atoms with Crippen LogP contribution >= 0.6 is 45.0 Å². The van der Waals surface area contributed by atoms with Crippen LogP contribution in [0.25, 0.3) is 0 Å². The first-order valence-corrected chi connectivity index (χ1v) is 10.8. The van der Waals surface area contributed by atoms with E-state index < -0.39 is 43.4 Å². The van der Waals surface area contributed by atoms with Crippen molar-refractivity contribution in [2.75, 3.05) is 29.9 Å². The van der Waals surface area contributed by atoms with Crippen LogP contribution in [0.5, 0.6) is 0 Å². The molecule has 2 N–H and O–H groups in total. The van der Waals surface area contributed by atoms with Crippen molar-refractivity contribution in [2.45, 2.75) is 27.6 Å². The molecular weight excluding hydrogens is 478 g/mol. The van der Waals surface area contributed by atoms with Crippen molar-refractivity contribution >= 4 is 62.5 Å². The molecule has 0 radical (unpaired) electrons. The summed E-state index contributed by atoms with van der Waals surface area (Å²) in [7, 11) is -9.98. The Hall–Kier alpha value is -0.880. The molecule has 0 saturated carbocycles. The quantitative estimate of drug-likeness (QED) is 0.386. The van der Waals surface area contributed by atoms with Crippen molar-refractivity contribution in [1.29, 1.82) is 0 Å². The van der Waals surface area contributed by atoms with Gasteiger partial charge in [0, 0.05) is 13.1 Å². The van der Waals surface area contributed by atoms with Gasteiger partial charge in [0.05, 0.1) is 17.5 Å². The first kappa shape index (κ1) is 23.4. The molecule has 0 aromatic heterocycles. The Labute approximate surface area is 172 Å². The lowest BCUT2D eigenvalue weighted by Crippen LogP contribution is -2.36. The summed E-state index contributed by atoms with van der Waals surface area (Å²) in [6, 6.07) is 1.22. The van der Waals surface area contributed by atoms with Crippen molar-refractivity contribution in [3.05, 3.63) is 18.2 Å². The number of carbonyl (C=O) groups is 1. The van der Waals surface area contributed by atoms with E-state index in [-0.39, 0.29) is 30.9 Å². The normalized spacial score (nSPS) is 19.0. The third-order valence-electron chi connectivity index (χ3n) is 3.82. The fourth-order valence-corrected chi connectivity index (χ4v) is 3.36. The molecule has 1 fully saturated rings. The lowest BCUT2D eigenvalue weighted by atomic mass is 10.1. The summed E-state index contributed by atoms with van der Waals surface area (Å²) in [6.45, 7) is -0.223. The number of piperidine rings is 1. The van der Waals surface area contributed by atoms with Crippen molar-refractivity contribution in [3.63, 3.8) is 0 Å². The second-order valence-corrected chi connectivity index (χ2v) is 11.1. The van der Waals surface area contributed by atoms with E-state index in [4.69, 9.17) is 34.8 Å². The topological polar surface area (TPSA) is 61.8 Å². The van der Waals surface area contributed by atoms with E-state index in [1.54, 1.807) is 4.90 Å². The maximum Gasteiger partial charge on any atom is 0.411 e. The summed E-state index contributed by atoms with van der Waals surface area (Å²) in [4.78, 5) is 11.2. The van der Waals surface area contributed by atoms with E-state index in [1.807, 2.05) is 5.32 Å². The van der Waals surface area contributed by atoms with Gasteiger partial charge in [0.15, 0.2) is 0 Å². The minimum absolute atomic E-state index is 0.0586. The smallest absolute Gasteiger partial charge is 0.411 e. The van der Waals surface area contributed by atoms with E-state index in [1.165, 1.54) is 0 Å². The molecular formula is C14H16Cl3F5N2O3S. The number of benzene rings is 1. The highest BCUT2D eigenvalue weighted by Gasteiger charge is 2.65. The molecule has 1 aliphatic rings. The predicted molar refractivity (Wildman–Crippen MR) is 101 cm³/mol. The Morgan fingerprint density at radius 1 is 1.21 bits per heavy atom. The Balaban J connectivity index is 2.36. The summed E-state index contributed by atoms with van der Waals surface area (Å²) in [5.74, 6) is 0. The summed E-state index contributed by atoms with van der Waals surface area (Å²) < 4.78 is 68.4. The lowest BCUT2D eigenvalue weighted by molar-refractivity contribution is 0.145. The maximum absolute atomic E-state index is 13.2. The second kappa shape index (κ2) is 7.12. The van der Waals surface area contributed by atoms with Crippen LogP contribution in [-0.2, 0) is 4.74 Å². The molecule has 0 spiro atoms. The monoisotopic (exact) mass is 492 g/mol. The van der Waals surface area contributed by atoms with E-state index in [2.05, 4.69) is 4.74 Å². The highest BCUT2D eigenvalue weighted by atomic mass is 35.6. The minimum Gasteiger partial charge on any atom is -0.445 e. The molecule has 0 aliphatic carbocycles. The number of ether oxygens (including phenoxy) is 1. The van der Waals surface area contributed by atoms with E-state index in [9.17, 15) is 29.3 Å². The molecule has 1 aliphatic heterocycles. The van der Waals surface area contributed by atoms with Gasteiger partial charge >= 0.3 is 16.3 Å². The highest BCUT2D eigenvalue weighted by Crippen LogP contribution is 3.02. The molecule has 1 saturated heterocycles. The third kappa shape index (κ3) is 6.87. The largest absolute Gasteiger partial charge is 0.445 e. The van der Waals surface area contributed by atoms with Crippen LogP contribution < -0.4 is 10.2 Å². The Bertz CT molecular complexity index is 753. The molecule has 0 unspecified atom stereocenters. The first-order valence-electron chi connectivity index (χ1n) is 7.76. The molecule has 162 valence electrons. The number of aliphatic hydroxyl groups excluding tert-OH is 1. The molecule has 14 heteroatoms. The Morgan fingerprint density at radius 2 is 1.79 bits per heavy atom. The Morgan fingerprint density at radius 3 is 2.29 bits per heavy atom. The molecule has 1 aromatic rings. The zero-order valence-electron chi connectivity index (χ0n) is 14.0. The van der Waals surface area contributed by atoms with Crippen LogP contribution in [-0.4, -0.2) is 40.8 Å². The summed E-state index contributed by atoms with van der Waals surface area (Å²) in [5.41, 5.74) is -0.486. The number of hydrogen-bond acceptors (Lipinski definition) is 4. The SMILES string of the molecule is O=C(Nc1cc(S(F)(F)(F)(F)F)ccc1N1CCC(O)CC1)OCC(Cl)(Cl)Cl. The number of halogens is 8. The van der Waals surface area contributed by atoms with Crippen LogP contribution in [0.2, 0.25) is 0 Å². The van der Waals surface area contributed by atoms with Crippen molar-refractivity contribution in [2.24, 2.45) is 0 Å². The first-order chi connectivity index (χ1) is 12.4. The number of rotatable bonds is 4. The summed E-state index contributed by atoms with van der Waals surface area (Å²) in [6.07, 6.45) is -1.23. The second-order valence-electron chi connectivity index (χ2n) is 6.18. The number of aliphatic hydroxyl groups is 1. The van der Waals surface area contributed by atoms with Crippen molar-refractivity contribution in [1.82, 2.24) is 0 Å². The van der Waals surface area contributed by atoms with E-state index >= 15 is 0 Å². The molecule has 2 rings (SSSR count). The minimum atomic E-state index is -9.98. The third-order valence-corrected chi connectivity index (χ3v) is 5.29. The molecule has 1 heterocycles. The number of nitrogens with one attached hydrogen (secondary N) is 1. The zero-order chi connectivity index (χ0) is 21.4. The van der Waals surface area contributed by atoms with Gasteiger partial charge in [-0.05, 0) is 31.0 Å². The highest BCUT2D eigenvalue weighted by molar-refractivity contribution is 8.45. The molecule has 0 atom stereocenters. The van der Waals surface area contributed by atoms with Crippen LogP contribution in [0, 0.1) is 0 Å². The molecule has 5 nitrogen and oxygen atoms in total. The van der Waals surface area contributed by atoms with Gasteiger partial charge in [-0.2, -0.15) is 0 Å². The van der Waals surface area contributed by atoms with Gasteiger partial charge in [0.25, 0.3) is 0 Å².